The van der Waals surface area contributed by atoms with Gasteiger partial charge in [0.15, 0.2) is 5.16 Å². The minimum absolute atomic E-state index is 0.0110. The number of rotatable bonds is 7. The highest BCUT2D eigenvalue weighted by atomic mass is 32.2. The number of amides is 1. The lowest BCUT2D eigenvalue weighted by molar-refractivity contribution is -0.119. The summed E-state index contributed by atoms with van der Waals surface area (Å²) in [5.41, 5.74) is 1.41. The second-order valence-electron chi connectivity index (χ2n) is 7.81. The van der Waals surface area contributed by atoms with Crippen molar-refractivity contribution in [2.75, 3.05) is 12.9 Å². The van der Waals surface area contributed by atoms with Crippen molar-refractivity contribution in [2.24, 2.45) is 0 Å². The van der Waals surface area contributed by atoms with Gasteiger partial charge in [-0.3, -0.25) is 14.2 Å². The summed E-state index contributed by atoms with van der Waals surface area (Å²) >= 11 is 1.30. The van der Waals surface area contributed by atoms with Gasteiger partial charge in [-0.05, 0) is 31.0 Å². The Bertz CT molecular complexity index is 1120. The molecule has 31 heavy (non-hydrogen) atoms. The highest BCUT2D eigenvalue weighted by molar-refractivity contribution is 7.99. The van der Waals surface area contributed by atoms with E-state index in [-0.39, 0.29) is 23.3 Å². The van der Waals surface area contributed by atoms with Gasteiger partial charge in [-0.1, -0.05) is 61.4 Å². The number of para-hydroxylation sites is 2. The number of nitrogens with zero attached hydrogens (tertiary/aromatic N) is 2. The van der Waals surface area contributed by atoms with Gasteiger partial charge in [0.2, 0.25) is 5.91 Å². The molecule has 1 saturated carbocycles. The topological polar surface area (TPSA) is 73.2 Å². The Balaban J connectivity index is 1.61. The van der Waals surface area contributed by atoms with Crippen molar-refractivity contribution in [1.82, 2.24) is 14.9 Å². The predicted molar refractivity (Wildman–Crippen MR) is 124 cm³/mol. The van der Waals surface area contributed by atoms with Gasteiger partial charge in [-0.15, -0.1) is 0 Å². The normalized spacial score (nSPS) is 14.5. The van der Waals surface area contributed by atoms with E-state index >= 15 is 0 Å². The van der Waals surface area contributed by atoms with E-state index < -0.39 is 0 Å². The summed E-state index contributed by atoms with van der Waals surface area (Å²) in [6.07, 6.45) is 5.68. The maximum Gasteiger partial charge on any atom is 0.262 e. The maximum atomic E-state index is 13.3. The number of nitrogens with one attached hydrogen (secondary N) is 1. The summed E-state index contributed by atoms with van der Waals surface area (Å²) in [4.78, 5) is 30.5. The maximum absolute atomic E-state index is 13.3. The van der Waals surface area contributed by atoms with Crippen LogP contribution in [-0.2, 0) is 11.3 Å². The molecule has 0 atom stereocenters. The highest BCUT2D eigenvalue weighted by Gasteiger charge is 2.18. The average molecular weight is 438 g/mol. The number of aromatic nitrogens is 2. The first kappa shape index (κ1) is 21.4. The highest BCUT2D eigenvalue weighted by Crippen LogP contribution is 2.23. The van der Waals surface area contributed by atoms with Crippen LogP contribution < -0.4 is 15.6 Å². The van der Waals surface area contributed by atoms with E-state index in [0.717, 1.165) is 18.4 Å². The van der Waals surface area contributed by atoms with Crippen LogP contribution in [0.25, 0.3) is 10.9 Å². The molecule has 3 aromatic rings. The quantitative estimate of drug-likeness (QED) is 0.447. The number of hydrogen-bond acceptors (Lipinski definition) is 5. The lowest BCUT2D eigenvalue weighted by Gasteiger charge is -2.22. The molecular formula is C24H27N3O3S. The van der Waals surface area contributed by atoms with Crippen LogP contribution in [0.1, 0.15) is 37.7 Å². The molecule has 1 aliphatic rings. The Labute approximate surface area is 186 Å². The molecule has 0 unspecified atom stereocenters. The van der Waals surface area contributed by atoms with Crippen LogP contribution in [0.3, 0.4) is 0 Å². The monoisotopic (exact) mass is 437 g/mol. The Morgan fingerprint density at radius 1 is 1.13 bits per heavy atom. The lowest BCUT2D eigenvalue weighted by atomic mass is 9.95. The number of carbonyl (C=O) groups is 1. The minimum Gasteiger partial charge on any atom is -0.496 e. The van der Waals surface area contributed by atoms with Gasteiger partial charge < -0.3 is 10.1 Å². The van der Waals surface area contributed by atoms with Crippen LogP contribution >= 0.6 is 11.8 Å². The molecule has 2 aromatic carbocycles. The van der Waals surface area contributed by atoms with Gasteiger partial charge in [-0.2, -0.15) is 0 Å². The first-order valence-corrected chi connectivity index (χ1v) is 11.7. The second kappa shape index (κ2) is 10.0. The van der Waals surface area contributed by atoms with Crippen LogP contribution in [-0.4, -0.2) is 34.4 Å². The van der Waals surface area contributed by atoms with Crippen LogP contribution in [0.4, 0.5) is 0 Å². The minimum atomic E-state index is -0.119. The van der Waals surface area contributed by atoms with Crippen LogP contribution in [0.2, 0.25) is 0 Å². The number of benzene rings is 2. The Kier molecular flexibility index (Phi) is 6.92. The summed E-state index contributed by atoms with van der Waals surface area (Å²) in [5.74, 6) is 0.935. The molecule has 1 fully saturated rings. The molecule has 0 spiro atoms. The fourth-order valence-corrected chi connectivity index (χ4v) is 4.86. The van der Waals surface area contributed by atoms with Crippen molar-refractivity contribution in [2.45, 2.75) is 49.8 Å². The largest absolute Gasteiger partial charge is 0.496 e. The molecule has 1 N–H and O–H groups in total. The van der Waals surface area contributed by atoms with Gasteiger partial charge in [0.1, 0.15) is 5.75 Å². The number of carbonyl (C=O) groups excluding carboxylic acids is 1. The molecule has 7 heteroatoms. The van der Waals surface area contributed by atoms with Gasteiger partial charge >= 0.3 is 0 Å². The van der Waals surface area contributed by atoms with Crippen LogP contribution in [0, 0.1) is 0 Å². The zero-order valence-electron chi connectivity index (χ0n) is 17.7. The number of fused-ring (bicyclic) bond motifs is 1. The summed E-state index contributed by atoms with van der Waals surface area (Å²) < 4.78 is 7.10. The van der Waals surface area contributed by atoms with E-state index in [2.05, 4.69) is 5.32 Å². The molecule has 1 heterocycles. The molecule has 0 aliphatic heterocycles. The average Bonchev–Trinajstić information content (AvgIpc) is 2.81. The third-order valence-corrected chi connectivity index (χ3v) is 6.63. The fraction of sp³-hybridized carbons (Fsp3) is 0.375. The van der Waals surface area contributed by atoms with Crippen LogP contribution in [0.5, 0.6) is 5.75 Å². The van der Waals surface area contributed by atoms with E-state index in [4.69, 9.17) is 9.72 Å². The van der Waals surface area contributed by atoms with E-state index in [0.29, 0.717) is 28.4 Å². The van der Waals surface area contributed by atoms with Crippen molar-refractivity contribution >= 4 is 28.6 Å². The summed E-state index contributed by atoms with van der Waals surface area (Å²) in [6, 6.07) is 15.2. The van der Waals surface area contributed by atoms with E-state index in [9.17, 15) is 9.59 Å². The van der Waals surface area contributed by atoms with Gasteiger partial charge in [-0.25, -0.2) is 4.98 Å². The molecule has 1 aromatic heterocycles. The molecule has 1 amide bonds. The van der Waals surface area contributed by atoms with E-state index in [1.807, 2.05) is 42.5 Å². The standard InChI is InChI=1S/C24H27N3O3S/c1-30-21-14-8-5-9-17(21)15-27-23(29)19-12-6-7-13-20(19)26-24(27)31-16-22(28)25-18-10-3-2-4-11-18/h5-9,12-14,18H,2-4,10-11,15-16H2,1H3,(H,25,28). The number of methoxy groups -OCH3 is 1. The van der Waals surface area contributed by atoms with Crippen molar-refractivity contribution in [3.63, 3.8) is 0 Å². The van der Waals surface area contributed by atoms with E-state index in [1.54, 1.807) is 17.7 Å². The van der Waals surface area contributed by atoms with Crippen LogP contribution in [0.15, 0.2) is 58.5 Å². The van der Waals surface area contributed by atoms with Gasteiger partial charge in [0.25, 0.3) is 5.56 Å². The number of ether oxygens (including phenoxy) is 1. The lowest BCUT2D eigenvalue weighted by Crippen LogP contribution is -2.37. The first-order valence-electron chi connectivity index (χ1n) is 10.7. The Hall–Kier alpha value is -2.80. The molecule has 1 aliphatic carbocycles. The summed E-state index contributed by atoms with van der Waals surface area (Å²) in [6.45, 7) is 0.327. The second-order valence-corrected chi connectivity index (χ2v) is 8.75. The fourth-order valence-electron chi connectivity index (χ4n) is 4.05. The Morgan fingerprint density at radius 3 is 2.68 bits per heavy atom. The van der Waals surface area contributed by atoms with Crippen molar-refractivity contribution in [3.8, 4) is 5.75 Å². The molecule has 162 valence electrons. The molecule has 0 radical (unpaired) electrons. The Morgan fingerprint density at radius 2 is 1.87 bits per heavy atom. The SMILES string of the molecule is COc1ccccc1Cn1c(SCC(=O)NC2CCCCC2)nc2ccccc2c1=O. The molecule has 6 nitrogen and oxygen atoms in total. The van der Waals surface area contributed by atoms with Crippen molar-refractivity contribution < 1.29 is 9.53 Å². The smallest absolute Gasteiger partial charge is 0.262 e. The van der Waals surface area contributed by atoms with Gasteiger partial charge in [0.05, 0.1) is 30.3 Å². The molecule has 4 rings (SSSR count). The third kappa shape index (κ3) is 5.10. The summed E-state index contributed by atoms with van der Waals surface area (Å²) in [7, 11) is 1.62. The molecule has 0 saturated heterocycles. The van der Waals surface area contributed by atoms with Crippen molar-refractivity contribution in [3.05, 3.63) is 64.4 Å². The molecular weight excluding hydrogens is 410 g/mol. The van der Waals surface area contributed by atoms with E-state index in [1.165, 1.54) is 31.0 Å². The first-order chi connectivity index (χ1) is 15.2. The number of thioether (sulfide) groups is 1. The summed E-state index contributed by atoms with van der Waals surface area (Å²) in [5, 5.41) is 4.23. The molecule has 0 bridgehead atoms. The third-order valence-electron chi connectivity index (χ3n) is 5.65. The van der Waals surface area contributed by atoms with Crippen molar-refractivity contribution in [1.29, 1.82) is 0 Å². The zero-order valence-corrected chi connectivity index (χ0v) is 18.5. The predicted octanol–water partition coefficient (Wildman–Crippen LogP) is 3.99. The van der Waals surface area contributed by atoms with Gasteiger partial charge in [0, 0.05) is 11.6 Å². The zero-order chi connectivity index (χ0) is 21.6. The number of hydrogen-bond donors (Lipinski definition) is 1.